The van der Waals surface area contributed by atoms with E-state index in [1.54, 1.807) is 0 Å². The molecule has 4 heteroatoms. The van der Waals surface area contributed by atoms with Crippen LogP contribution in [0.25, 0.3) is 11.2 Å². The number of hydrogen-bond acceptors (Lipinski definition) is 4. The fraction of sp³-hybridized carbons (Fsp3) is 0.333. The van der Waals surface area contributed by atoms with Gasteiger partial charge in [-0.2, -0.15) is 0 Å². The van der Waals surface area contributed by atoms with Gasteiger partial charge >= 0.3 is 0 Å². The Bertz CT molecular complexity index is 425. The van der Waals surface area contributed by atoms with Crippen molar-refractivity contribution in [2.24, 2.45) is 0 Å². The van der Waals surface area contributed by atoms with E-state index in [1.165, 1.54) is 6.33 Å². The zero-order valence-electron chi connectivity index (χ0n) is 7.60. The van der Waals surface area contributed by atoms with Crippen LogP contribution in [0.5, 0.6) is 0 Å². The van der Waals surface area contributed by atoms with Crippen molar-refractivity contribution in [2.75, 3.05) is 0 Å². The highest BCUT2D eigenvalue weighted by molar-refractivity contribution is 5.68. The molecular formula is C9H10N4. The van der Waals surface area contributed by atoms with Gasteiger partial charge < -0.3 is 0 Å². The molecule has 0 radical (unpaired) electrons. The van der Waals surface area contributed by atoms with Crippen molar-refractivity contribution in [2.45, 2.75) is 19.8 Å². The van der Waals surface area contributed by atoms with Gasteiger partial charge in [0, 0.05) is 5.69 Å². The summed E-state index contributed by atoms with van der Waals surface area (Å²) in [5.74, 6) is 0.416. The second kappa shape index (κ2) is 3.05. The molecule has 0 fully saturated rings. The van der Waals surface area contributed by atoms with Crippen molar-refractivity contribution in [1.29, 1.82) is 0 Å². The summed E-state index contributed by atoms with van der Waals surface area (Å²) in [6, 6.07) is 3.86. The predicted octanol–water partition coefficient (Wildman–Crippen LogP) is 1.54. The first-order chi connectivity index (χ1) is 6.27. The molecule has 0 N–H and O–H groups in total. The summed E-state index contributed by atoms with van der Waals surface area (Å²) in [7, 11) is 0. The maximum atomic E-state index is 4.36. The van der Waals surface area contributed by atoms with E-state index >= 15 is 0 Å². The molecule has 0 unspecified atom stereocenters. The third-order valence-electron chi connectivity index (χ3n) is 1.86. The summed E-state index contributed by atoms with van der Waals surface area (Å²) >= 11 is 0. The van der Waals surface area contributed by atoms with Crippen LogP contribution in [-0.2, 0) is 0 Å². The molecule has 13 heavy (non-hydrogen) atoms. The Morgan fingerprint density at radius 1 is 1.23 bits per heavy atom. The van der Waals surface area contributed by atoms with E-state index in [2.05, 4.69) is 34.0 Å². The maximum absolute atomic E-state index is 4.36. The zero-order valence-corrected chi connectivity index (χ0v) is 7.60. The van der Waals surface area contributed by atoms with Crippen molar-refractivity contribution in [1.82, 2.24) is 20.2 Å². The minimum atomic E-state index is 0.416. The standard InChI is InChI=1S/C9H10N4/c1-6(2)7-3-4-8-9(12-7)10-5-11-13-8/h3-6H,1-2H3. The Labute approximate surface area is 76.1 Å². The van der Waals surface area contributed by atoms with E-state index < -0.39 is 0 Å². The molecule has 2 rings (SSSR count). The molecule has 2 aromatic heterocycles. The van der Waals surface area contributed by atoms with Gasteiger partial charge in [-0.15, -0.1) is 10.2 Å². The maximum Gasteiger partial charge on any atom is 0.181 e. The van der Waals surface area contributed by atoms with E-state index in [-0.39, 0.29) is 0 Å². The summed E-state index contributed by atoms with van der Waals surface area (Å²) in [5.41, 5.74) is 2.45. The topological polar surface area (TPSA) is 51.6 Å². The van der Waals surface area contributed by atoms with Crippen LogP contribution >= 0.6 is 0 Å². The van der Waals surface area contributed by atoms with Gasteiger partial charge in [-0.25, -0.2) is 9.97 Å². The quantitative estimate of drug-likeness (QED) is 0.658. The molecular weight excluding hydrogens is 164 g/mol. The Morgan fingerprint density at radius 2 is 2.08 bits per heavy atom. The van der Waals surface area contributed by atoms with Crippen LogP contribution in [0.1, 0.15) is 25.5 Å². The Morgan fingerprint density at radius 3 is 2.85 bits per heavy atom. The lowest BCUT2D eigenvalue weighted by Gasteiger charge is -2.03. The molecule has 0 spiro atoms. The molecule has 0 saturated carbocycles. The second-order valence-corrected chi connectivity index (χ2v) is 3.19. The molecule has 0 aliphatic heterocycles. The summed E-state index contributed by atoms with van der Waals surface area (Å²) in [6.07, 6.45) is 1.42. The monoisotopic (exact) mass is 174 g/mol. The van der Waals surface area contributed by atoms with E-state index in [1.807, 2.05) is 12.1 Å². The van der Waals surface area contributed by atoms with Gasteiger partial charge in [0.15, 0.2) is 5.65 Å². The van der Waals surface area contributed by atoms with Crippen LogP contribution in [0.15, 0.2) is 18.5 Å². The lowest BCUT2D eigenvalue weighted by Crippen LogP contribution is -1.96. The molecule has 0 bridgehead atoms. The SMILES string of the molecule is CC(C)c1ccc2nncnc2n1. The molecule has 2 heterocycles. The van der Waals surface area contributed by atoms with E-state index in [0.29, 0.717) is 11.6 Å². The number of hydrogen-bond donors (Lipinski definition) is 0. The Balaban J connectivity index is 2.62. The van der Waals surface area contributed by atoms with Crippen molar-refractivity contribution in [3.05, 3.63) is 24.2 Å². The molecule has 0 aliphatic rings. The number of nitrogens with zero attached hydrogens (tertiary/aromatic N) is 4. The van der Waals surface area contributed by atoms with Crippen LogP contribution in [0.4, 0.5) is 0 Å². The Hall–Kier alpha value is -1.58. The summed E-state index contributed by atoms with van der Waals surface area (Å²) in [5, 5.41) is 7.59. The van der Waals surface area contributed by atoms with Crippen LogP contribution < -0.4 is 0 Å². The molecule has 0 aromatic carbocycles. The van der Waals surface area contributed by atoms with Crippen molar-refractivity contribution >= 4 is 11.2 Å². The van der Waals surface area contributed by atoms with E-state index in [9.17, 15) is 0 Å². The highest BCUT2D eigenvalue weighted by atomic mass is 15.1. The average molecular weight is 174 g/mol. The minimum absolute atomic E-state index is 0.416. The number of fused-ring (bicyclic) bond motifs is 1. The third kappa shape index (κ3) is 1.47. The van der Waals surface area contributed by atoms with Gasteiger partial charge in [0.05, 0.1) is 0 Å². The molecule has 0 amide bonds. The molecule has 2 aromatic rings. The summed E-state index contributed by atoms with van der Waals surface area (Å²) in [6.45, 7) is 4.20. The van der Waals surface area contributed by atoms with Gasteiger partial charge in [0.1, 0.15) is 11.8 Å². The van der Waals surface area contributed by atoms with Crippen molar-refractivity contribution < 1.29 is 0 Å². The van der Waals surface area contributed by atoms with Gasteiger partial charge in [-0.3, -0.25) is 0 Å². The normalized spacial score (nSPS) is 11.0. The van der Waals surface area contributed by atoms with Gasteiger partial charge in [-0.05, 0) is 18.1 Å². The smallest absolute Gasteiger partial charge is 0.181 e. The zero-order chi connectivity index (χ0) is 9.26. The van der Waals surface area contributed by atoms with Crippen LogP contribution in [0.3, 0.4) is 0 Å². The van der Waals surface area contributed by atoms with E-state index in [4.69, 9.17) is 0 Å². The minimum Gasteiger partial charge on any atom is -0.231 e. The molecule has 0 saturated heterocycles. The molecule has 4 nitrogen and oxygen atoms in total. The molecule has 0 atom stereocenters. The summed E-state index contributed by atoms with van der Waals surface area (Å²) < 4.78 is 0. The van der Waals surface area contributed by atoms with Gasteiger partial charge in [-0.1, -0.05) is 13.8 Å². The molecule has 66 valence electrons. The fourth-order valence-electron chi connectivity index (χ4n) is 1.12. The average Bonchev–Trinajstić information content (AvgIpc) is 2.17. The molecule has 0 aliphatic carbocycles. The lowest BCUT2D eigenvalue weighted by molar-refractivity contribution is 0.825. The van der Waals surface area contributed by atoms with Crippen molar-refractivity contribution in [3.63, 3.8) is 0 Å². The first-order valence-corrected chi connectivity index (χ1v) is 4.21. The summed E-state index contributed by atoms with van der Waals surface area (Å²) in [4.78, 5) is 8.40. The fourth-order valence-corrected chi connectivity index (χ4v) is 1.12. The number of aromatic nitrogens is 4. The second-order valence-electron chi connectivity index (χ2n) is 3.19. The first-order valence-electron chi connectivity index (χ1n) is 4.21. The van der Waals surface area contributed by atoms with Crippen molar-refractivity contribution in [3.8, 4) is 0 Å². The predicted molar refractivity (Wildman–Crippen MR) is 49.2 cm³/mol. The number of rotatable bonds is 1. The Kier molecular flexibility index (Phi) is 1.88. The van der Waals surface area contributed by atoms with Crippen LogP contribution in [-0.4, -0.2) is 20.2 Å². The van der Waals surface area contributed by atoms with E-state index in [0.717, 1.165) is 11.2 Å². The largest absolute Gasteiger partial charge is 0.231 e. The highest BCUT2D eigenvalue weighted by Gasteiger charge is 2.03. The first kappa shape index (κ1) is 8.04. The van der Waals surface area contributed by atoms with Crippen LogP contribution in [0, 0.1) is 0 Å². The lowest BCUT2D eigenvalue weighted by atomic mass is 10.1. The van der Waals surface area contributed by atoms with Gasteiger partial charge in [0.2, 0.25) is 0 Å². The van der Waals surface area contributed by atoms with Gasteiger partial charge in [0.25, 0.3) is 0 Å². The van der Waals surface area contributed by atoms with Crippen LogP contribution in [0.2, 0.25) is 0 Å². The highest BCUT2D eigenvalue weighted by Crippen LogP contribution is 2.13. The number of pyridine rings is 1. The third-order valence-corrected chi connectivity index (χ3v) is 1.86.